The van der Waals surface area contributed by atoms with Gasteiger partial charge in [-0.3, -0.25) is 24.1 Å². The number of nitrogens with one attached hydrogen (secondary N) is 2. The van der Waals surface area contributed by atoms with E-state index in [0.717, 1.165) is 36.8 Å². The maximum atomic E-state index is 12.9. The van der Waals surface area contributed by atoms with Gasteiger partial charge in [-0.25, -0.2) is 0 Å². The molecule has 0 bridgehead atoms. The van der Waals surface area contributed by atoms with E-state index in [2.05, 4.69) is 27.6 Å². The van der Waals surface area contributed by atoms with Crippen molar-refractivity contribution in [1.29, 1.82) is 0 Å². The van der Waals surface area contributed by atoms with Crippen molar-refractivity contribution < 1.29 is 4.79 Å². The Balaban J connectivity index is 1.47. The molecule has 0 radical (unpaired) electrons. The van der Waals surface area contributed by atoms with Gasteiger partial charge in [-0.2, -0.15) is 5.10 Å². The van der Waals surface area contributed by atoms with Crippen molar-refractivity contribution in [2.24, 2.45) is 0 Å². The smallest absolute Gasteiger partial charge is 0.270 e. The summed E-state index contributed by atoms with van der Waals surface area (Å²) in [5, 5.41) is 10.2. The highest BCUT2D eigenvalue weighted by Gasteiger charge is 2.34. The lowest BCUT2D eigenvalue weighted by molar-refractivity contribution is -0.116. The summed E-state index contributed by atoms with van der Waals surface area (Å²) < 4.78 is 3.79. The molecule has 1 aliphatic heterocycles. The second kappa shape index (κ2) is 7.39. The summed E-state index contributed by atoms with van der Waals surface area (Å²) >= 11 is 0. The van der Waals surface area contributed by atoms with E-state index in [0.29, 0.717) is 24.3 Å². The average Bonchev–Trinajstić information content (AvgIpc) is 3.36. The fourth-order valence-corrected chi connectivity index (χ4v) is 4.72. The van der Waals surface area contributed by atoms with Crippen LogP contribution in [0.5, 0.6) is 0 Å². The van der Waals surface area contributed by atoms with E-state index in [-0.39, 0.29) is 23.4 Å². The van der Waals surface area contributed by atoms with E-state index in [1.807, 2.05) is 33.8 Å². The Morgan fingerprint density at radius 1 is 1.07 bits per heavy atom. The minimum Gasteiger partial charge on any atom is -0.311 e. The largest absolute Gasteiger partial charge is 0.311 e. The van der Waals surface area contributed by atoms with Crippen LogP contribution >= 0.6 is 0 Å². The van der Waals surface area contributed by atoms with Gasteiger partial charge in [0.15, 0.2) is 0 Å². The van der Waals surface area contributed by atoms with Crippen LogP contribution in [0.1, 0.15) is 67.2 Å². The second-order valence-corrected chi connectivity index (χ2v) is 8.12. The molecule has 0 spiro atoms. The number of aromatic amines is 1. The summed E-state index contributed by atoms with van der Waals surface area (Å²) in [4.78, 5) is 25.3. The lowest BCUT2D eigenvalue weighted by atomic mass is 9.86. The van der Waals surface area contributed by atoms with Crippen LogP contribution < -0.4 is 10.9 Å². The van der Waals surface area contributed by atoms with Gasteiger partial charge in [0.25, 0.3) is 5.56 Å². The maximum Gasteiger partial charge on any atom is 0.270 e. The van der Waals surface area contributed by atoms with Crippen LogP contribution in [0.15, 0.2) is 47.5 Å². The molecular formula is C22H25N5O2. The molecule has 2 N–H and O–H groups in total. The predicted molar refractivity (Wildman–Crippen MR) is 110 cm³/mol. The Kier molecular flexibility index (Phi) is 4.58. The molecule has 3 heterocycles. The average molecular weight is 391 g/mol. The van der Waals surface area contributed by atoms with Gasteiger partial charge < -0.3 is 5.32 Å². The van der Waals surface area contributed by atoms with E-state index >= 15 is 0 Å². The molecule has 1 unspecified atom stereocenters. The zero-order chi connectivity index (χ0) is 19.8. The van der Waals surface area contributed by atoms with Gasteiger partial charge in [0.1, 0.15) is 5.82 Å². The Morgan fingerprint density at radius 2 is 1.86 bits per heavy atom. The van der Waals surface area contributed by atoms with Crippen LogP contribution in [0, 0.1) is 0 Å². The number of H-pyrrole nitrogens is 1. The molecule has 3 aromatic rings. The van der Waals surface area contributed by atoms with E-state index in [1.54, 1.807) is 6.20 Å². The molecule has 5 rings (SSSR count). The highest BCUT2D eigenvalue weighted by atomic mass is 16.2. The normalized spacial score (nSPS) is 19.7. The fourth-order valence-electron chi connectivity index (χ4n) is 4.72. The minimum atomic E-state index is -0.217. The molecule has 150 valence electrons. The monoisotopic (exact) mass is 391 g/mol. The number of rotatable bonds is 4. The number of carbonyl (C=O) groups excluding carboxylic acids is 1. The van der Waals surface area contributed by atoms with E-state index in [1.165, 1.54) is 6.42 Å². The number of hydrogen-bond acceptors (Lipinski definition) is 3. The number of aromatic nitrogens is 4. The Labute approximate surface area is 168 Å². The number of carbonyl (C=O) groups is 1. The highest BCUT2D eigenvalue weighted by Crippen LogP contribution is 2.38. The van der Waals surface area contributed by atoms with Crippen molar-refractivity contribution in [3.63, 3.8) is 0 Å². The van der Waals surface area contributed by atoms with Crippen molar-refractivity contribution in [3.8, 4) is 0 Å². The van der Waals surface area contributed by atoms with Crippen LogP contribution in [-0.4, -0.2) is 25.5 Å². The van der Waals surface area contributed by atoms with Crippen LogP contribution in [0.3, 0.4) is 0 Å². The first-order valence-electron chi connectivity index (χ1n) is 10.4. The Hall–Kier alpha value is -3.09. The second-order valence-electron chi connectivity index (χ2n) is 8.12. The zero-order valence-corrected chi connectivity index (χ0v) is 16.3. The molecule has 1 saturated carbocycles. The third-order valence-corrected chi connectivity index (χ3v) is 6.18. The van der Waals surface area contributed by atoms with Gasteiger partial charge >= 0.3 is 0 Å². The quantitative estimate of drug-likeness (QED) is 0.715. The van der Waals surface area contributed by atoms with Gasteiger partial charge in [0.05, 0.1) is 18.2 Å². The van der Waals surface area contributed by atoms with Crippen LogP contribution in [-0.2, 0) is 11.3 Å². The Bertz CT molecular complexity index is 1060. The van der Waals surface area contributed by atoms with Crippen LogP contribution in [0.2, 0.25) is 0 Å². The van der Waals surface area contributed by atoms with Crippen molar-refractivity contribution in [2.75, 3.05) is 5.32 Å². The minimum absolute atomic E-state index is 0.0355. The molecule has 7 nitrogen and oxygen atoms in total. The summed E-state index contributed by atoms with van der Waals surface area (Å²) in [5.41, 5.74) is 2.73. The van der Waals surface area contributed by atoms with Crippen molar-refractivity contribution in [2.45, 2.75) is 57.0 Å². The number of amides is 1. The molecule has 7 heteroatoms. The lowest BCUT2D eigenvalue weighted by Gasteiger charge is -2.28. The first-order valence-corrected chi connectivity index (χ1v) is 10.4. The molecule has 1 aromatic carbocycles. The van der Waals surface area contributed by atoms with Crippen molar-refractivity contribution in [3.05, 3.63) is 69.8 Å². The van der Waals surface area contributed by atoms with Gasteiger partial charge in [-0.1, -0.05) is 43.5 Å². The molecule has 1 aliphatic carbocycles. The lowest BCUT2D eigenvalue weighted by Crippen LogP contribution is -2.27. The molecule has 2 aromatic heterocycles. The van der Waals surface area contributed by atoms with Gasteiger partial charge in [-0.05, 0) is 30.0 Å². The topological polar surface area (TPSA) is 84.7 Å². The molecule has 0 saturated heterocycles. The summed E-state index contributed by atoms with van der Waals surface area (Å²) in [5.74, 6) is 0.418. The zero-order valence-electron chi connectivity index (χ0n) is 16.3. The third-order valence-electron chi connectivity index (χ3n) is 6.18. The number of fused-ring (bicyclic) bond motifs is 1. The van der Waals surface area contributed by atoms with Gasteiger partial charge in [0, 0.05) is 24.7 Å². The third kappa shape index (κ3) is 3.41. The molecule has 1 amide bonds. The molecule has 1 atom stereocenters. The highest BCUT2D eigenvalue weighted by molar-refractivity contribution is 5.94. The molecule has 1 fully saturated rings. The van der Waals surface area contributed by atoms with E-state index in [4.69, 9.17) is 0 Å². The van der Waals surface area contributed by atoms with Crippen LogP contribution in [0.4, 0.5) is 5.82 Å². The number of nitrogens with zero attached hydrogens (tertiary/aromatic N) is 3. The van der Waals surface area contributed by atoms with E-state index in [9.17, 15) is 9.59 Å². The van der Waals surface area contributed by atoms with Crippen molar-refractivity contribution in [1.82, 2.24) is 19.6 Å². The number of anilines is 1. The summed E-state index contributed by atoms with van der Waals surface area (Å²) in [6, 6.07) is 10.3. The van der Waals surface area contributed by atoms with Gasteiger partial charge in [-0.15, -0.1) is 0 Å². The maximum absolute atomic E-state index is 12.9. The summed E-state index contributed by atoms with van der Waals surface area (Å²) in [7, 11) is 0. The molecule has 29 heavy (non-hydrogen) atoms. The Morgan fingerprint density at radius 3 is 2.59 bits per heavy atom. The first kappa shape index (κ1) is 18.0. The molecular weight excluding hydrogens is 366 g/mol. The number of hydrogen-bond donors (Lipinski definition) is 2. The van der Waals surface area contributed by atoms with Gasteiger partial charge in [0.2, 0.25) is 5.91 Å². The van der Waals surface area contributed by atoms with Crippen LogP contribution in [0.25, 0.3) is 0 Å². The molecule has 2 aliphatic rings. The van der Waals surface area contributed by atoms with E-state index < -0.39 is 0 Å². The first-order chi connectivity index (χ1) is 14.2. The standard InChI is InChI=1S/C22H25N5O2/c28-19-13-18(16-9-7-15(8-10-16)14-26-12-4-11-23-26)20-21(24-19)27(25-22(20)29)17-5-2-1-3-6-17/h4,7-12,17-18H,1-3,5-6,13-14H2,(H,24,28)(H,25,29). The SMILES string of the molecule is O=C1CC(c2ccc(Cn3cccn3)cc2)c2c(n(C3CCCCC3)[nH]c2=O)N1. The number of benzene rings is 1. The summed E-state index contributed by atoms with van der Waals surface area (Å²) in [6.07, 6.45) is 9.63. The van der Waals surface area contributed by atoms with Crippen molar-refractivity contribution >= 4 is 11.7 Å². The predicted octanol–water partition coefficient (Wildman–Crippen LogP) is 3.40. The fraction of sp³-hybridized carbons (Fsp3) is 0.409. The summed E-state index contributed by atoms with van der Waals surface area (Å²) in [6.45, 7) is 0.697.